The number of nitrogens with one attached hydrogen (secondary N) is 1. The van der Waals surface area contributed by atoms with Crippen LogP contribution in [-0.4, -0.2) is 15.9 Å². The zero-order chi connectivity index (χ0) is 15.0. The van der Waals surface area contributed by atoms with E-state index < -0.39 is 0 Å². The third kappa shape index (κ3) is 2.63. The molecule has 0 saturated carbocycles. The van der Waals surface area contributed by atoms with Crippen molar-refractivity contribution in [3.63, 3.8) is 0 Å². The molecule has 5 heteroatoms. The maximum absolute atomic E-state index is 12.2. The number of anilines is 1. The number of carbonyl (C=O) groups excluding carboxylic acids is 1. The van der Waals surface area contributed by atoms with Crippen LogP contribution in [0.3, 0.4) is 0 Å². The summed E-state index contributed by atoms with van der Waals surface area (Å²) >= 11 is 0. The summed E-state index contributed by atoms with van der Waals surface area (Å²) in [5, 5.41) is 2.82. The van der Waals surface area contributed by atoms with E-state index in [-0.39, 0.29) is 5.91 Å². The Morgan fingerprint density at radius 1 is 1.14 bits per heavy atom. The van der Waals surface area contributed by atoms with Gasteiger partial charge < -0.3 is 9.73 Å². The number of aryl methyl sites for hydroxylation is 3. The van der Waals surface area contributed by atoms with E-state index in [9.17, 15) is 4.79 Å². The van der Waals surface area contributed by atoms with E-state index in [1.807, 2.05) is 13.8 Å². The van der Waals surface area contributed by atoms with Crippen LogP contribution >= 0.6 is 0 Å². The average Bonchev–Trinajstić information content (AvgIpc) is 2.81. The van der Waals surface area contributed by atoms with Crippen molar-refractivity contribution in [1.29, 1.82) is 0 Å². The SMILES string of the molecule is Cc1nc2cc(NC(=O)c3cc(C)c(C)cn3)ccc2o1. The Morgan fingerprint density at radius 3 is 2.71 bits per heavy atom. The predicted octanol–water partition coefficient (Wildman–Crippen LogP) is 3.40. The maximum atomic E-state index is 12.2. The first-order valence-electron chi connectivity index (χ1n) is 6.65. The quantitative estimate of drug-likeness (QED) is 0.781. The van der Waals surface area contributed by atoms with E-state index in [2.05, 4.69) is 15.3 Å². The van der Waals surface area contributed by atoms with Crippen molar-refractivity contribution in [2.75, 3.05) is 5.32 Å². The van der Waals surface area contributed by atoms with Gasteiger partial charge in [0, 0.05) is 18.8 Å². The highest BCUT2D eigenvalue weighted by Crippen LogP contribution is 2.20. The van der Waals surface area contributed by atoms with Crippen molar-refractivity contribution in [1.82, 2.24) is 9.97 Å². The fourth-order valence-corrected chi connectivity index (χ4v) is 2.06. The van der Waals surface area contributed by atoms with E-state index in [1.54, 1.807) is 37.4 Å². The number of aromatic nitrogens is 2. The van der Waals surface area contributed by atoms with Gasteiger partial charge in [-0.2, -0.15) is 0 Å². The van der Waals surface area contributed by atoms with Gasteiger partial charge in [0.25, 0.3) is 5.91 Å². The summed E-state index contributed by atoms with van der Waals surface area (Å²) in [6.45, 7) is 5.71. The van der Waals surface area contributed by atoms with Gasteiger partial charge in [-0.3, -0.25) is 9.78 Å². The van der Waals surface area contributed by atoms with Crippen LogP contribution < -0.4 is 5.32 Å². The van der Waals surface area contributed by atoms with Crippen molar-refractivity contribution < 1.29 is 9.21 Å². The minimum absolute atomic E-state index is 0.238. The molecule has 0 bridgehead atoms. The number of nitrogens with zero attached hydrogens (tertiary/aromatic N) is 2. The van der Waals surface area contributed by atoms with Crippen molar-refractivity contribution in [3.05, 3.63) is 53.2 Å². The van der Waals surface area contributed by atoms with Gasteiger partial charge in [0.05, 0.1) is 0 Å². The second kappa shape index (κ2) is 5.01. The fraction of sp³-hybridized carbons (Fsp3) is 0.188. The average molecular weight is 281 g/mol. The Hall–Kier alpha value is -2.69. The number of fused-ring (bicyclic) bond motifs is 1. The highest BCUT2D eigenvalue weighted by atomic mass is 16.3. The smallest absolute Gasteiger partial charge is 0.274 e. The molecule has 0 fully saturated rings. The van der Waals surface area contributed by atoms with Crippen LogP contribution in [0.4, 0.5) is 5.69 Å². The lowest BCUT2D eigenvalue weighted by Crippen LogP contribution is -2.14. The first-order valence-corrected chi connectivity index (χ1v) is 6.65. The van der Waals surface area contributed by atoms with Gasteiger partial charge in [-0.05, 0) is 49.2 Å². The first-order chi connectivity index (χ1) is 10.0. The molecule has 5 nitrogen and oxygen atoms in total. The summed E-state index contributed by atoms with van der Waals surface area (Å²) in [5.41, 5.74) is 4.59. The molecule has 0 atom stereocenters. The monoisotopic (exact) mass is 281 g/mol. The summed E-state index contributed by atoms with van der Waals surface area (Å²) in [4.78, 5) is 20.6. The normalized spacial score (nSPS) is 10.8. The number of carbonyl (C=O) groups is 1. The lowest BCUT2D eigenvalue weighted by Gasteiger charge is -2.06. The number of amides is 1. The van der Waals surface area contributed by atoms with Crippen LogP contribution in [0.5, 0.6) is 0 Å². The van der Waals surface area contributed by atoms with Crippen LogP contribution in [-0.2, 0) is 0 Å². The molecular weight excluding hydrogens is 266 g/mol. The lowest BCUT2D eigenvalue weighted by molar-refractivity contribution is 0.102. The molecule has 0 radical (unpaired) electrons. The molecule has 3 rings (SSSR count). The number of rotatable bonds is 2. The van der Waals surface area contributed by atoms with Gasteiger partial charge in [-0.15, -0.1) is 0 Å². The van der Waals surface area contributed by atoms with E-state index in [1.165, 1.54) is 0 Å². The largest absolute Gasteiger partial charge is 0.441 e. The van der Waals surface area contributed by atoms with Crippen molar-refractivity contribution in [3.8, 4) is 0 Å². The summed E-state index contributed by atoms with van der Waals surface area (Å²) < 4.78 is 5.41. The summed E-state index contributed by atoms with van der Waals surface area (Å²) in [6.07, 6.45) is 1.70. The fourth-order valence-electron chi connectivity index (χ4n) is 2.06. The Balaban J connectivity index is 1.86. The number of benzene rings is 1. The second-order valence-electron chi connectivity index (χ2n) is 5.02. The molecule has 1 amide bonds. The molecule has 1 N–H and O–H groups in total. The van der Waals surface area contributed by atoms with E-state index in [4.69, 9.17) is 4.42 Å². The van der Waals surface area contributed by atoms with E-state index in [0.29, 0.717) is 22.9 Å². The third-order valence-corrected chi connectivity index (χ3v) is 3.36. The molecule has 0 aliphatic heterocycles. The van der Waals surface area contributed by atoms with Gasteiger partial charge in [-0.25, -0.2) is 4.98 Å². The Bertz CT molecular complexity index is 837. The topological polar surface area (TPSA) is 68.0 Å². The molecule has 2 heterocycles. The Kier molecular flexibility index (Phi) is 3.17. The highest BCUT2D eigenvalue weighted by molar-refractivity contribution is 6.03. The Morgan fingerprint density at radius 2 is 1.95 bits per heavy atom. The first kappa shape index (κ1) is 13.3. The zero-order valence-electron chi connectivity index (χ0n) is 12.1. The molecule has 106 valence electrons. The van der Waals surface area contributed by atoms with Crippen LogP contribution in [0.2, 0.25) is 0 Å². The number of pyridine rings is 1. The van der Waals surface area contributed by atoms with E-state index >= 15 is 0 Å². The third-order valence-electron chi connectivity index (χ3n) is 3.36. The molecule has 0 spiro atoms. The minimum Gasteiger partial charge on any atom is -0.441 e. The van der Waals surface area contributed by atoms with Crippen LogP contribution in [0, 0.1) is 20.8 Å². The summed E-state index contributed by atoms with van der Waals surface area (Å²) in [6, 6.07) is 7.14. The molecule has 0 unspecified atom stereocenters. The van der Waals surface area contributed by atoms with Gasteiger partial charge in [0.1, 0.15) is 11.2 Å². The van der Waals surface area contributed by atoms with Crippen LogP contribution in [0.25, 0.3) is 11.1 Å². The molecular formula is C16H15N3O2. The van der Waals surface area contributed by atoms with Crippen molar-refractivity contribution >= 4 is 22.7 Å². The molecule has 0 aliphatic rings. The second-order valence-corrected chi connectivity index (χ2v) is 5.02. The molecule has 0 aliphatic carbocycles. The molecule has 3 aromatic rings. The highest BCUT2D eigenvalue weighted by Gasteiger charge is 2.10. The lowest BCUT2D eigenvalue weighted by atomic mass is 10.1. The minimum atomic E-state index is -0.238. The van der Waals surface area contributed by atoms with Gasteiger partial charge in [-0.1, -0.05) is 0 Å². The molecule has 2 aromatic heterocycles. The van der Waals surface area contributed by atoms with Gasteiger partial charge >= 0.3 is 0 Å². The van der Waals surface area contributed by atoms with Crippen LogP contribution in [0.1, 0.15) is 27.5 Å². The molecule has 21 heavy (non-hydrogen) atoms. The summed E-state index contributed by atoms with van der Waals surface area (Å²) in [5.74, 6) is 0.363. The molecule has 0 saturated heterocycles. The summed E-state index contributed by atoms with van der Waals surface area (Å²) in [7, 11) is 0. The maximum Gasteiger partial charge on any atom is 0.274 e. The Labute approximate surface area is 122 Å². The zero-order valence-corrected chi connectivity index (χ0v) is 12.1. The number of hydrogen-bond donors (Lipinski definition) is 1. The predicted molar refractivity (Wildman–Crippen MR) is 80.4 cm³/mol. The number of oxazole rings is 1. The van der Waals surface area contributed by atoms with Crippen molar-refractivity contribution in [2.45, 2.75) is 20.8 Å². The van der Waals surface area contributed by atoms with Crippen LogP contribution in [0.15, 0.2) is 34.9 Å². The van der Waals surface area contributed by atoms with Gasteiger partial charge in [0.15, 0.2) is 11.5 Å². The standard InChI is InChI=1S/C16H15N3O2/c1-9-6-14(17-8-10(9)2)16(20)19-12-4-5-15-13(7-12)18-11(3)21-15/h4-8H,1-3H3,(H,19,20). The van der Waals surface area contributed by atoms with Gasteiger partial charge in [0.2, 0.25) is 0 Å². The van der Waals surface area contributed by atoms with E-state index in [0.717, 1.165) is 16.6 Å². The molecule has 1 aromatic carbocycles. The number of hydrogen-bond acceptors (Lipinski definition) is 4. The van der Waals surface area contributed by atoms with Crippen molar-refractivity contribution in [2.24, 2.45) is 0 Å².